The highest BCUT2D eigenvalue weighted by molar-refractivity contribution is 7.99. The molecule has 0 bridgehead atoms. The van der Waals surface area contributed by atoms with Gasteiger partial charge in [-0.2, -0.15) is 0 Å². The highest BCUT2D eigenvalue weighted by Crippen LogP contribution is 2.39. The average molecular weight is 433 g/mol. The van der Waals surface area contributed by atoms with Gasteiger partial charge < -0.3 is 15.4 Å². The highest BCUT2D eigenvalue weighted by Gasteiger charge is 2.22. The van der Waals surface area contributed by atoms with Crippen LogP contribution >= 0.6 is 11.8 Å². The van der Waals surface area contributed by atoms with Gasteiger partial charge in [-0.15, -0.1) is 0 Å². The zero-order valence-electron chi connectivity index (χ0n) is 16.8. The maximum atomic E-state index is 12.7. The van der Waals surface area contributed by atoms with Gasteiger partial charge in [0.25, 0.3) is 11.8 Å². The van der Waals surface area contributed by atoms with E-state index in [1.165, 1.54) is 18.9 Å². The summed E-state index contributed by atoms with van der Waals surface area (Å²) in [6.45, 7) is 0.517. The van der Waals surface area contributed by atoms with Crippen LogP contribution in [0.1, 0.15) is 36.6 Å². The molecule has 1 aliphatic heterocycles. The van der Waals surface area contributed by atoms with Crippen LogP contribution < -0.4 is 10.6 Å². The SMILES string of the molecule is COC(=O)c1ccc2c(c1)Sc1ccc(C(=O)NCCc3ccccc3)cc1NC2=O. The Morgan fingerprint density at radius 1 is 0.968 bits per heavy atom. The summed E-state index contributed by atoms with van der Waals surface area (Å²) in [5.41, 5.74) is 3.01. The van der Waals surface area contributed by atoms with Gasteiger partial charge >= 0.3 is 5.97 Å². The molecule has 0 fully saturated rings. The predicted molar refractivity (Wildman–Crippen MR) is 119 cm³/mol. The van der Waals surface area contributed by atoms with Crippen LogP contribution in [0.2, 0.25) is 0 Å². The number of methoxy groups -OCH3 is 1. The number of nitrogens with one attached hydrogen (secondary N) is 2. The average Bonchev–Trinajstić information content (AvgIpc) is 2.93. The standard InChI is InChI=1S/C24H20N2O4S/c1-30-24(29)17-7-9-18-21(14-17)31-20-10-8-16(13-19(20)26-23(18)28)22(27)25-12-11-15-5-3-2-4-6-15/h2-10,13-14H,11-12H2,1H3,(H,25,27)(H,26,28). The van der Waals surface area contributed by atoms with Crippen LogP contribution in [0.15, 0.2) is 76.5 Å². The largest absolute Gasteiger partial charge is 0.465 e. The Bertz CT molecular complexity index is 1160. The molecule has 0 atom stereocenters. The third kappa shape index (κ3) is 4.62. The number of benzene rings is 3. The Kier molecular flexibility index (Phi) is 6.04. The summed E-state index contributed by atoms with van der Waals surface area (Å²) in [4.78, 5) is 38.5. The molecule has 0 unspecified atom stereocenters. The summed E-state index contributed by atoms with van der Waals surface area (Å²) < 4.78 is 4.76. The number of carbonyl (C=O) groups is 3. The maximum Gasteiger partial charge on any atom is 0.337 e. The lowest BCUT2D eigenvalue weighted by Gasteiger charge is -2.10. The molecule has 0 spiro atoms. The van der Waals surface area contributed by atoms with Gasteiger partial charge in [0.05, 0.1) is 23.9 Å². The van der Waals surface area contributed by atoms with Crippen molar-refractivity contribution >= 4 is 35.2 Å². The van der Waals surface area contributed by atoms with E-state index < -0.39 is 5.97 Å². The van der Waals surface area contributed by atoms with E-state index in [-0.39, 0.29) is 11.8 Å². The fourth-order valence-corrected chi connectivity index (χ4v) is 4.32. The van der Waals surface area contributed by atoms with Crippen LogP contribution in [-0.2, 0) is 11.2 Å². The van der Waals surface area contributed by atoms with Gasteiger partial charge in [-0.25, -0.2) is 4.79 Å². The van der Waals surface area contributed by atoms with Crippen LogP contribution in [0.25, 0.3) is 0 Å². The molecule has 0 saturated carbocycles. The van der Waals surface area contributed by atoms with Crippen molar-refractivity contribution in [3.05, 3.63) is 89.0 Å². The quantitative estimate of drug-likeness (QED) is 0.592. The van der Waals surface area contributed by atoms with Gasteiger partial charge in [-0.05, 0) is 48.4 Å². The normalized spacial score (nSPS) is 12.1. The van der Waals surface area contributed by atoms with Crippen LogP contribution in [0, 0.1) is 0 Å². The molecule has 0 aliphatic carbocycles. The fourth-order valence-electron chi connectivity index (χ4n) is 3.27. The molecule has 0 saturated heterocycles. The molecule has 7 heteroatoms. The summed E-state index contributed by atoms with van der Waals surface area (Å²) >= 11 is 1.36. The molecular weight excluding hydrogens is 412 g/mol. The van der Waals surface area contributed by atoms with E-state index in [1.54, 1.807) is 36.4 Å². The van der Waals surface area contributed by atoms with Crippen LogP contribution in [0.5, 0.6) is 0 Å². The number of hydrogen-bond acceptors (Lipinski definition) is 5. The Labute approximate surface area is 184 Å². The summed E-state index contributed by atoms with van der Waals surface area (Å²) in [6.07, 6.45) is 0.738. The molecule has 3 aromatic rings. The van der Waals surface area contributed by atoms with Crippen molar-refractivity contribution < 1.29 is 19.1 Å². The van der Waals surface area contributed by atoms with Crippen molar-refractivity contribution in [3.63, 3.8) is 0 Å². The minimum absolute atomic E-state index is 0.201. The molecule has 1 aliphatic rings. The Morgan fingerprint density at radius 2 is 1.74 bits per heavy atom. The third-order valence-corrected chi connectivity index (χ3v) is 6.03. The molecule has 1 heterocycles. The summed E-state index contributed by atoms with van der Waals surface area (Å²) in [7, 11) is 1.32. The third-order valence-electron chi connectivity index (χ3n) is 4.90. The number of fused-ring (bicyclic) bond motifs is 2. The molecule has 2 amide bonds. The van der Waals surface area contributed by atoms with E-state index in [0.717, 1.165) is 16.9 Å². The molecule has 3 aromatic carbocycles. The van der Waals surface area contributed by atoms with E-state index in [0.29, 0.717) is 33.8 Å². The molecule has 0 aromatic heterocycles. The van der Waals surface area contributed by atoms with Gasteiger partial charge in [0.15, 0.2) is 0 Å². The van der Waals surface area contributed by atoms with Gasteiger partial charge in [-0.1, -0.05) is 42.1 Å². The second-order valence-electron chi connectivity index (χ2n) is 6.96. The first kappa shape index (κ1) is 20.7. The molecule has 2 N–H and O–H groups in total. The van der Waals surface area contributed by atoms with E-state index in [4.69, 9.17) is 4.74 Å². The number of amides is 2. The first-order valence-corrected chi connectivity index (χ1v) is 10.5. The monoisotopic (exact) mass is 432 g/mol. The molecule has 31 heavy (non-hydrogen) atoms. The first-order chi connectivity index (χ1) is 15.0. The van der Waals surface area contributed by atoms with Gasteiger partial charge in [0.1, 0.15) is 0 Å². The maximum absolute atomic E-state index is 12.7. The van der Waals surface area contributed by atoms with Gasteiger partial charge in [0.2, 0.25) is 0 Å². The van der Waals surface area contributed by atoms with Crippen LogP contribution in [0.3, 0.4) is 0 Å². The highest BCUT2D eigenvalue weighted by atomic mass is 32.2. The lowest BCUT2D eigenvalue weighted by Crippen LogP contribution is -2.25. The van der Waals surface area contributed by atoms with Crippen molar-refractivity contribution in [1.82, 2.24) is 5.32 Å². The summed E-state index contributed by atoms with van der Waals surface area (Å²) in [5, 5.41) is 5.78. The predicted octanol–water partition coefficient (Wildman–Crippen LogP) is 4.16. The first-order valence-electron chi connectivity index (χ1n) is 9.73. The zero-order chi connectivity index (χ0) is 21.8. The summed E-state index contributed by atoms with van der Waals surface area (Å²) in [6, 6.07) is 19.9. The number of esters is 1. The lowest BCUT2D eigenvalue weighted by molar-refractivity contribution is 0.0600. The van der Waals surface area contributed by atoms with Crippen molar-refractivity contribution in [1.29, 1.82) is 0 Å². The van der Waals surface area contributed by atoms with Crippen molar-refractivity contribution in [2.75, 3.05) is 19.0 Å². The lowest BCUT2D eigenvalue weighted by atomic mass is 10.1. The number of hydrogen-bond donors (Lipinski definition) is 2. The minimum Gasteiger partial charge on any atom is -0.465 e. The van der Waals surface area contributed by atoms with Crippen LogP contribution in [-0.4, -0.2) is 31.4 Å². The van der Waals surface area contributed by atoms with E-state index >= 15 is 0 Å². The number of rotatable bonds is 5. The Hall–Kier alpha value is -3.58. The topological polar surface area (TPSA) is 84.5 Å². The summed E-state index contributed by atoms with van der Waals surface area (Å²) in [5.74, 6) is -0.956. The van der Waals surface area contributed by atoms with E-state index in [2.05, 4.69) is 10.6 Å². The van der Waals surface area contributed by atoms with E-state index in [1.807, 2.05) is 30.3 Å². The van der Waals surface area contributed by atoms with Gasteiger partial charge in [0, 0.05) is 21.9 Å². The smallest absolute Gasteiger partial charge is 0.337 e. The minimum atomic E-state index is -0.462. The Morgan fingerprint density at radius 3 is 2.52 bits per heavy atom. The van der Waals surface area contributed by atoms with Crippen LogP contribution in [0.4, 0.5) is 5.69 Å². The van der Waals surface area contributed by atoms with Crippen molar-refractivity contribution in [2.45, 2.75) is 16.2 Å². The van der Waals surface area contributed by atoms with E-state index in [9.17, 15) is 14.4 Å². The molecule has 6 nitrogen and oxygen atoms in total. The second kappa shape index (κ2) is 9.06. The van der Waals surface area contributed by atoms with Crippen molar-refractivity contribution in [3.8, 4) is 0 Å². The molecule has 156 valence electrons. The van der Waals surface area contributed by atoms with Crippen molar-refractivity contribution in [2.24, 2.45) is 0 Å². The second-order valence-corrected chi connectivity index (χ2v) is 8.04. The van der Waals surface area contributed by atoms with Gasteiger partial charge in [-0.3, -0.25) is 9.59 Å². The number of ether oxygens (including phenoxy) is 1. The molecule has 4 rings (SSSR count). The Balaban J connectivity index is 1.50. The number of anilines is 1. The molecular formula is C24H20N2O4S. The molecule has 0 radical (unpaired) electrons. The fraction of sp³-hybridized carbons (Fsp3) is 0.125. The number of carbonyl (C=O) groups excluding carboxylic acids is 3. The zero-order valence-corrected chi connectivity index (χ0v) is 17.6.